The number of alkyl halides is 3. The van der Waals surface area contributed by atoms with Gasteiger partial charge in [-0.3, -0.25) is 9.69 Å². The molecule has 0 aliphatic carbocycles. The standard InChI is InChI=1S/C16H20F3N3OS/c17-16(18,19)13-3-1-2-12(10-13)15-22(14(23)11-24-15)9-8-21-6-4-20-5-7-21/h1-3,10,15,20H,4-9,11H2/t15-/m0/s1. The normalized spacial score (nSPS) is 23.0. The summed E-state index contributed by atoms with van der Waals surface area (Å²) in [6.07, 6.45) is -4.37. The van der Waals surface area contributed by atoms with Gasteiger partial charge in [0, 0.05) is 39.3 Å². The Labute approximate surface area is 143 Å². The molecule has 1 N–H and O–H groups in total. The van der Waals surface area contributed by atoms with Crippen molar-refractivity contribution in [2.75, 3.05) is 45.0 Å². The Morgan fingerprint density at radius 2 is 1.96 bits per heavy atom. The lowest BCUT2D eigenvalue weighted by molar-refractivity contribution is -0.137. The summed E-state index contributed by atoms with van der Waals surface area (Å²) >= 11 is 1.40. The van der Waals surface area contributed by atoms with Crippen LogP contribution in [0.15, 0.2) is 24.3 Å². The molecule has 0 spiro atoms. The smallest absolute Gasteiger partial charge is 0.325 e. The molecule has 0 bridgehead atoms. The molecule has 2 aliphatic rings. The largest absolute Gasteiger partial charge is 0.416 e. The van der Waals surface area contributed by atoms with E-state index in [-0.39, 0.29) is 11.3 Å². The van der Waals surface area contributed by atoms with Crippen LogP contribution in [0.5, 0.6) is 0 Å². The lowest BCUT2D eigenvalue weighted by Crippen LogP contribution is -2.46. The molecule has 3 rings (SSSR count). The fourth-order valence-electron chi connectivity index (χ4n) is 3.02. The average Bonchev–Trinajstić information content (AvgIpc) is 2.94. The fraction of sp³-hybridized carbons (Fsp3) is 0.562. The van der Waals surface area contributed by atoms with E-state index in [1.54, 1.807) is 11.0 Å². The summed E-state index contributed by atoms with van der Waals surface area (Å²) in [6.45, 7) is 5.03. The van der Waals surface area contributed by atoms with E-state index < -0.39 is 11.7 Å². The lowest BCUT2D eigenvalue weighted by atomic mass is 10.1. The Bertz CT molecular complexity index is 590. The number of carbonyl (C=O) groups is 1. The van der Waals surface area contributed by atoms with Gasteiger partial charge in [-0.15, -0.1) is 11.8 Å². The second-order valence-corrected chi connectivity index (χ2v) is 7.03. The Morgan fingerprint density at radius 3 is 2.67 bits per heavy atom. The third kappa shape index (κ3) is 4.04. The van der Waals surface area contributed by atoms with Gasteiger partial charge in [-0.05, 0) is 17.7 Å². The van der Waals surface area contributed by atoms with Gasteiger partial charge in [-0.25, -0.2) is 0 Å². The van der Waals surface area contributed by atoms with Crippen LogP contribution in [0.3, 0.4) is 0 Å². The SMILES string of the molecule is O=C1CS[C@@H](c2cccc(C(F)(F)F)c2)N1CCN1CCNCC1. The molecule has 2 saturated heterocycles. The average molecular weight is 359 g/mol. The van der Waals surface area contributed by atoms with Gasteiger partial charge >= 0.3 is 6.18 Å². The molecule has 1 amide bonds. The molecular formula is C16H20F3N3OS. The van der Waals surface area contributed by atoms with Crippen LogP contribution >= 0.6 is 11.8 Å². The van der Waals surface area contributed by atoms with Crippen molar-refractivity contribution in [1.29, 1.82) is 0 Å². The molecule has 0 saturated carbocycles. The third-order valence-corrected chi connectivity index (χ3v) is 5.59. The maximum Gasteiger partial charge on any atom is 0.416 e. The summed E-state index contributed by atoms with van der Waals surface area (Å²) < 4.78 is 38.8. The highest BCUT2D eigenvalue weighted by molar-refractivity contribution is 8.00. The van der Waals surface area contributed by atoms with Crippen LogP contribution in [0.4, 0.5) is 13.2 Å². The highest BCUT2D eigenvalue weighted by atomic mass is 32.2. The van der Waals surface area contributed by atoms with E-state index in [1.165, 1.54) is 17.8 Å². The molecule has 1 aromatic rings. The first-order valence-electron chi connectivity index (χ1n) is 7.96. The van der Waals surface area contributed by atoms with Crippen LogP contribution in [-0.4, -0.2) is 60.7 Å². The number of nitrogens with zero attached hydrogens (tertiary/aromatic N) is 2. The van der Waals surface area contributed by atoms with E-state index in [1.807, 2.05) is 0 Å². The Morgan fingerprint density at radius 1 is 1.21 bits per heavy atom. The van der Waals surface area contributed by atoms with Crippen LogP contribution in [0.1, 0.15) is 16.5 Å². The van der Waals surface area contributed by atoms with E-state index >= 15 is 0 Å². The monoisotopic (exact) mass is 359 g/mol. The van der Waals surface area contributed by atoms with Crippen molar-refractivity contribution in [1.82, 2.24) is 15.1 Å². The van der Waals surface area contributed by atoms with Gasteiger partial charge in [0.25, 0.3) is 0 Å². The number of amides is 1. The Balaban J connectivity index is 1.70. The molecule has 4 nitrogen and oxygen atoms in total. The molecule has 1 atom stereocenters. The molecule has 8 heteroatoms. The molecule has 24 heavy (non-hydrogen) atoms. The fourth-order valence-corrected chi connectivity index (χ4v) is 4.23. The quantitative estimate of drug-likeness (QED) is 0.894. The number of rotatable bonds is 4. The molecule has 2 fully saturated rings. The zero-order valence-electron chi connectivity index (χ0n) is 13.2. The van der Waals surface area contributed by atoms with Crippen molar-refractivity contribution in [3.05, 3.63) is 35.4 Å². The number of benzene rings is 1. The molecule has 1 aromatic carbocycles. The summed E-state index contributed by atoms with van der Waals surface area (Å²) in [6, 6.07) is 5.31. The molecular weight excluding hydrogens is 339 g/mol. The molecule has 0 aromatic heterocycles. The van der Waals surface area contributed by atoms with Crippen molar-refractivity contribution < 1.29 is 18.0 Å². The first-order chi connectivity index (χ1) is 11.4. The van der Waals surface area contributed by atoms with Crippen LogP contribution in [-0.2, 0) is 11.0 Å². The van der Waals surface area contributed by atoms with E-state index in [4.69, 9.17) is 0 Å². The summed E-state index contributed by atoms with van der Waals surface area (Å²) in [5.41, 5.74) is -0.122. The third-order valence-electron chi connectivity index (χ3n) is 4.33. The van der Waals surface area contributed by atoms with E-state index in [9.17, 15) is 18.0 Å². The van der Waals surface area contributed by atoms with Gasteiger partial charge < -0.3 is 10.2 Å². The minimum atomic E-state index is -4.37. The van der Waals surface area contributed by atoms with Gasteiger partial charge in [0.05, 0.1) is 11.3 Å². The molecule has 132 valence electrons. The second-order valence-electron chi connectivity index (χ2n) is 5.97. The number of piperazine rings is 1. The lowest BCUT2D eigenvalue weighted by Gasteiger charge is -2.31. The minimum Gasteiger partial charge on any atom is -0.325 e. The first kappa shape index (κ1) is 17.6. The zero-order valence-corrected chi connectivity index (χ0v) is 14.0. The van der Waals surface area contributed by atoms with Crippen LogP contribution < -0.4 is 5.32 Å². The number of thioether (sulfide) groups is 1. The van der Waals surface area contributed by atoms with Gasteiger partial charge in [0.1, 0.15) is 5.37 Å². The van der Waals surface area contributed by atoms with Crippen molar-refractivity contribution >= 4 is 17.7 Å². The first-order valence-corrected chi connectivity index (χ1v) is 9.01. The highest BCUT2D eigenvalue weighted by Gasteiger charge is 2.35. The molecule has 0 radical (unpaired) electrons. The van der Waals surface area contributed by atoms with Crippen LogP contribution in [0.2, 0.25) is 0 Å². The van der Waals surface area contributed by atoms with E-state index in [0.29, 0.717) is 17.9 Å². The predicted octanol–water partition coefficient (Wildman–Crippen LogP) is 2.18. The number of hydrogen-bond acceptors (Lipinski definition) is 4. The molecule has 2 heterocycles. The topological polar surface area (TPSA) is 35.6 Å². The van der Waals surface area contributed by atoms with E-state index in [2.05, 4.69) is 10.2 Å². The van der Waals surface area contributed by atoms with Crippen molar-refractivity contribution in [3.8, 4) is 0 Å². The van der Waals surface area contributed by atoms with Crippen molar-refractivity contribution in [3.63, 3.8) is 0 Å². The van der Waals surface area contributed by atoms with Gasteiger partial charge in [0.2, 0.25) is 5.91 Å². The van der Waals surface area contributed by atoms with Gasteiger partial charge in [-0.1, -0.05) is 12.1 Å². The maximum atomic E-state index is 12.9. The highest BCUT2D eigenvalue weighted by Crippen LogP contribution is 2.40. The molecule has 2 aliphatic heterocycles. The summed E-state index contributed by atoms with van der Waals surface area (Å²) in [5.74, 6) is 0.320. The zero-order chi connectivity index (χ0) is 17.2. The van der Waals surface area contributed by atoms with Crippen molar-refractivity contribution in [2.24, 2.45) is 0 Å². The van der Waals surface area contributed by atoms with E-state index in [0.717, 1.165) is 44.9 Å². The summed E-state index contributed by atoms with van der Waals surface area (Å²) in [5, 5.41) is 2.94. The second kappa shape index (κ2) is 7.33. The number of carbonyl (C=O) groups excluding carboxylic acids is 1. The molecule has 0 unspecified atom stereocenters. The maximum absolute atomic E-state index is 12.9. The number of hydrogen-bond donors (Lipinski definition) is 1. The van der Waals surface area contributed by atoms with Crippen LogP contribution in [0.25, 0.3) is 0 Å². The summed E-state index contributed by atoms with van der Waals surface area (Å²) in [7, 11) is 0. The number of nitrogens with one attached hydrogen (secondary N) is 1. The van der Waals surface area contributed by atoms with Crippen LogP contribution in [0, 0.1) is 0 Å². The summed E-state index contributed by atoms with van der Waals surface area (Å²) in [4.78, 5) is 16.1. The van der Waals surface area contributed by atoms with Gasteiger partial charge in [-0.2, -0.15) is 13.2 Å². The van der Waals surface area contributed by atoms with Crippen molar-refractivity contribution in [2.45, 2.75) is 11.6 Å². The Hall–Kier alpha value is -1.25. The predicted molar refractivity (Wildman–Crippen MR) is 87.7 cm³/mol. The number of halogens is 3. The minimum absolute atomic E-state index is 0.00227. The Kier molecular flexibility index (Phi) is 5.36. The van der Waals surface area contributed by atoms with Gasteiger partial charge in [0.15, 0.2) is 0 Å².